The molecule has 3 fully saturated rings. The first kappa shape index (κ1) is 20.5. The van der Waals surface area contributed by atoms with Gasteiger partial charge in [-0.3, -0.25) is 13.8 Å². The van der Waals surface area contributed by atoms with Crippen LogP contribution in [0.2, 0.25) is 0 Å². The molecule has 0 aromatic heterocycles. The summed E-state index contributed by atoms with van der Waals surface area (Å²) in [6, 6.07) is 0. The number of ether oxygens (including phenoxy) is 1. The smallest absolute Gasteiger partial charge is 0.323 e. The molecule has 4 rings (SSSR count). The van der Waals surface area contributed by atoms with Crippen LogP contribution in [-0.4, -0.2) is 45.4 Å². The third-order valence-corrected chi connectivity index (χ3v) is 8.15. The van der Waals surface area contributed by atoms with Gasteiger partial charge in [0.2, 0.25) is 0 Å². The van der Waals surface area contributed by atoms with Crippen molar-refractivity contribution in [2.45, 2.75) is 39.2 Å². The highest BCUT2D eigenvalue weighted by molar-refractivity contribution is 7.86. The number of carbonyl (C=O) groups excluding carboxylic acids is 3. The van der Waals surface area contributed by atoms with Gasteiger partial charge in [-0.15, -0.1) is 0 Å². The summed E-state index contributed by atoms with van der Waals surface area (Å²) in [5.74, 6) is -2.93. The zero-order valence-electron chi connectivity index (χ0n) is 16.8. The Morgan fingerprint density at radius 2 is 1.97 bits per heavy atom. The van der Waals surface area contributed by atoms with E-state index in [2.05, 4.69) is 6.58 Å². The van der Waals surface area contributed by atoms with Crippen molar-refractivity contribution in [1.82, 2.24) is 0 Å². The predicted octanol–water partition coefficient (Wildman–Crippen LogP) is 1.83. The van der Waals surface area contributed by atoms with Crippen LogP contribution in [0.1, 0.15) is 33.1 Å². The van der Waals surface area contributed by atoms with E-state index in [0.29, 0.717) is 19.3 Å². The molecule has 1 heterocycles. The number of Topliss-reactive ketones (excluding diaryl/α,β-unsaturated/α-hetero) is 1. The van der Waals surface area contributed by atoms with E-state index in [0.717, 1.165) is 12.5 Å². The van der Waals surface area contributed by atoms with Crippen molar-refractivity contribution in [3.63, 3.8) is 0 Å². The number of esters is 1. The second-order valence-corrected chi connectivity index (χ2v) is 11.2. The van der Waals surface area contributed by atoms with E-state index in [1.807, 2.05) is 26.0 Å². The van der Waals surface area contributed by atoms with Gasteiger partial charge in [0.15, 0.2) is 11.2 Å². The standard InChI is InChI=1S/C21H26O7S/c1-12-13-6-7-14-20(9-5-8-19(2,3)15(20)10-22)11-27-18(24)21(14,16(12)23)17(13)28-29(4,25)26/h5,9-10,13-15,17H,1,6-8,11H2,2-4H3/t13-,14-,15+,17+,20+,21-/m0/s1. The van der Waals surface area contributed by atoms with Crippen molar-refractivity contribution in [2.24, 2.45) is 34.0 Å². The van der Waals surface area contributed by atoms with Crippen molar-refractivity contribution in [2.75, 3.05) is 12.9 Å². The topological polar surface area (TPSA) is 104 Å². The van der Waals surface area contributed by atoms with Crippen molar-refractivity contribution in [1.29, 1.82) is 0 Å². The van der Waals surface area contributed by atoms with Gasteiger partial charge in [-0.2, -0.15) is 8.42 Å². The fourth-order valence-electron chi connectivity index (χ4n) is 6.43. The Morgan fingerprint density at radius 1 is 1.28 bits per heavy atom. The van der Waals surface area contributed by atoms with Gasteiger partial charge in [-0.1, -0.05) is 32.6 Å². The van der Waals surface area contributed by atoms with Gasteiger partial charge in [0.1, 0.15) is 19.0 Å². The van der Waals surface area contributed by atoms with E-state index in [1.165, 1.54) is 0 Å². The van der Waals surface area contributed by atoms with Crippen LogP contribution in [0.15, 0.2) is 24.3 Å². The number of ketones is 1. The van der Waals surface area contributed by atoms with Crippen molar-refractivity contribution in [3.05, 3.63) is 24.3 Å². The van der Waals surface area contributed by atoms with Crippen molar-refractivity contribution >= 4 is 28.2 Å². The number of cyclic esters (lactones) is 1. The van der Waals surface area contributed by atoms with Crippen LogP contribution < -0.4 is 0 Å². The lowest BCUT2D eigenvalue weighted by Gasteiger charge is -2.58. The molecule has 2 bridgehead atoms. The van der Waals surface area contributed by atoms with Crippen LogP contribution >= 0.6 is 0 Å². The zero-order valence-corrected chi connectivity index (χ0v) is 17.7. The van der Waals surface area contributed by atoms with Gasteiger partial charge in [0.25, 0.3) is 10.1 Å². The Balaban J connectivity index is 1.95. The fourth-order valence-corrected chi connectivity index (χ4v) is 7.09. The summed E-state index contributed by atoms with van der Waals surface area (Å²) in [5.41, 5.74) is -2.87. The van der Waals surface area contributed by atoms with E-state index in [9.17, 15) is 22.8 Å². The molecule has 0 aromatic carbocycles. The van der Waals surface area contributed by atoms with E-state index in [-0.39, 0.29) is 12.2 Å². The quantitative estimate of drug-likeness (QED) is 0.171. The molecule has 0 N–H and O–H groups in total. The van der Waals surface area contributed by atoms with Crippen LogP contribution in [0.5, 0.6) is 0 Å². The van der Waals surface area contributed by atoms with Crippen molar-refractivity contribution < 1.29 is 31.7 Å². The molecule has 4 aliphatic rings. The molecule has 0 aromatic rings. The van der Waals surface area contributed by atoms with Crippen molar-refractivity contribution in [3.8, 4) is 0 Å². The molecule has 0 amide bonds. The minimum atomic E-state index is -3.95. The molecule has 7 nitrogen and oxygen atoms in total. The van der Waals surface area contributed by atoms with E-state index in [4.69, 9.17) is 8.92 Å². The van der Waals surface area contributed by atoms with Gasteiger partial charge in [-0.05, 0) is 36.2 Å². The maximum atomic E-state index is 13.4. The lowest BCUT2D eigenvalue weighted by Crippen LogP contribution is -2.66. The zero-order chi connectivity index (χ0) is 21.4. The summed E-state index contributed by atoms with van der Waals surface area (Å²) in [6.07, 6.45) is 6.11. The largest absolute Gasteiger partial charge is 0.464 e. The Bertz CT molecular complexity index is 946. The number of aldehydes is 1. The highest BCUT2D eigenvalue weighted by Crippen LogP contribution is 2.67. The molecule has 0 radical (unpaired) electrons. The second kappa shape index (κ2) is 6.11. The van der Waals surface area contributed by atoms with Crippen LogP contribution in [-0.2, 0) is 33.4 Å². The lowest BCUT2D eigenvalue weighted by molar-refractivity contribution is -0.208. The number of rotatable bonds is 3. The Morgan fingerprint density at radius 3 is 2.59 bits per heavy atom. The molecule has 8 heteroatoms. The lowest BCUT2D eigenvalue weighted by atomic mass is 9.46. The number of carbonyl (C=O) groups is 3. The molecule has 2 spiro atoms. The number of hydrogen-bond acceptors (Lipinski definition) is 7. The van der Waals surface area contributed by atoms with E-state index < -0.39 is 62.0 Å². The van der Waals surface area contributed by atoms with Crippen LogP contribution in [0, 0.1) is 34.0 Å². The summed E-state index contributed by atoms with van der Waals surface area (Å²) in [4.78, 5) is 38.9. The number of allylic oxidation sites excluding steroid dienone is 1. The molecule has 0 unspecified atom stereocenters. The maximum absolute atomic E-state index is 13.4. The van der Waals surface area contributed by atoms with Gasteiger partial charge >= 0.3 is 5.97 Å². The minimum Gasteiger partial charge on any atom is -0.464 e. The number of fused-ring (bicyclic) bond motifs is 2. The van der Waals surface area contributed by atoms with Gasteiger partial charge in [0.05, 0.1) is 6.26 Å². The number of hydrogen-bond donors (Lipinski definition) is 0. The summed E-state index contributed by atoms with van der Waals surface area (Å²) in [5, 5.41) is 0. The van der Waals surface area contributed by atoms with E-state index in [1.54, 1.807) is 0 Å². The predicted molar refractivity (Wildman–Crippen MR) is 103 cm³/mol. The molecular weight excluding hydrogens is 396 g/mol. The molecule has 2 saturated carbocycles. The average molecular weight is 422 g/mol. The molecular formula is C21H26O7S. The Hall–Kier alpha value is -1.80. The molecule has 1 aliphatic heterocycles. The first-order valence-electron chi connectivity index (χ1n) is 9.84. The monoisotopic (exact) mass is 422 g/mol. The first-order valence-corrected chi connectivity index (χ1v) is 11.7. The van der Waals surface area contributed by atoms with Crippen LogP contribution in [0.3, 0.4) is 0 Å². The average Bonchev–Trinajstić information content (AvgIpc) is 2.72. The fraction of sp³-hybridized carbons (Fsp3) is 0.667. The van der Waals surface area contributed by atoms with Crippen LogP contribution in [0.25, 0.3) is 0 Å². The summed E-state index contributed by atoms with van der Waals surface area (Å²) < 4.78 is 35.0. The maximum Gasteiger partial charge on any atom is 0.323 e. The Kier molecular flexibility index (Phi) is 4.31. The third-order valence-electron chi connectivity index (χ3n) is 7.59. The summed E-state index contributed by atoms with van der Waals surface area (Å²) in [6.45, 7) is 7.80. The molecule has 158 valence electrons. The molecule has 1 saturated heterocycles. The van der Waals surface area contributed by atoms with Gasteiger partial charge in [-0.25, -0.2) is 0 Å². The molecule has 6 atom stereocenters. The highest BCUT2D eigenvalue weighted by atomic mass is 32.2. The molecule has 29 heavy (non-hydrogen) atoms. The summed E-state index contributed by atoms with van der Waals surface area (Å²) >= 11 is 0. The molecule has 3 aliphatic carbocycles. The SMILES string of the molecule is C=C1C(=O)[C@@]23C(=O)OC[C@]4(C=CCC(C)(C)[C@H]4C=O)[C@@H]2CC[C@@H]1[C@H]3OS(C)(=O)=O. The van der Waals surface area contributed by atoms with Gasteiger partial charge < -0.3 is 9.53 Å². The minimum absolute atomic E-state index is 0.0163. The normalized spacial score (nSPS) is 43.2. The third kappa shape index (κ3) is 2.51. The van der Waals surface area contributed by atoms with E-state index >= 15 is 0 Å². The Labute approximate surface area is 170 Å². The highest BCUT2D eigenvalue weighted by Gasteiger charge is 2.76. The van der Waals surface area contributed by atoms with Crippen LogP contribution in [0.4, 0.5) is 0 Å². The summed E-state index contributed by atoms with van der Waals surface area (Å²) in [7, 11) is -3.95. The first-order chi connectivity index (χ1) is 13.4. The second-order valence-electron chi connectivity index (χ2n) is 9.58. The van der Waals surface area contributed by atoms with Gasteiger partial charge in [0, 0.05) is 17.3 Å².